The topological polar surface area (TPSA) is 17.1 Å². The molecule has 0 unspecified atom stereocenters. The van der Waals surface area contributed by atoms with E-state index in [2.05, 4.69) is 0 Å². The number of benzene rings is 1. The smallest absolute Gasteiger partial charge is 0.274 e. The number of carbonyl (C=O) groups excluding carboxylic acids is 1. The second-order valence-corrected chi connectivity index (χ2v) is 3.11. The van der Waals surface area contributed by atoms with E-state index in [-0.39, 0.29) is 5.56 Å². The van der Waals surface area contributed by atoms with Gasteiger partial charge in [0.1, 0.15) is 5.82 Å². The van der Waals surface area contributed by atoms with Crippen LogP contribution in [0.25, 0.3) is 0 Å². The van der Waals surface area contributed by atoms with Crippen molar-refractivity contribution in [3.05, 3.63) is 35.1 Å². The van der Waals surface area contributed by atoms with E-state index in [1.165, 1.54) is 12.1 Å². The third-order valence-electron chi connectivity index (χ3n) is 1.83. The van der Waals surface area contributed by atoms with Crippen LogP contribution in [0.2, 0.25) is 0 Å². The Kier molecular flexibility index (Phi) is 2.64. The zero-order chi connectivity index (χ0) is 10.9. The fourth-order valence-electron chi connectivity index (χ4n) is 1.26. The first-order valence-corrected chi connectivity index (χ1v) is 4.02. The molecule has 0 spiro atoms. The van der Waals surface area contributed by atoms with E-state index in [4.69, 9.17) is 0 Å². The molecule has 0 aliphatic carbocycles. The lowest BCUT2D eigenvalue weighted by Gasteiger charge is -2.14. The van der Waals surface area contributed by atoms with Crippen molar-refractivity contribution in [2.24, 2.45) is 0 Å². The first-order valence-electron chi connectivity index (χ1n) is 4.02. The van der Waals surface area contributed by atoms with Crippen LogP contribution in [0.4, 0.5) is 13.2 Å². The molecule has 0 heterocycles. The summed E-state index contributed by atoms with van der Waals surface area (Å²) in [5.74, 6) is -4.96. The number of rotatable bonds is 2. The Hall–Kier alpha value is -1.32. The molecule has 14 heavy (non-hydrogen) atoms. The van der Waals surface area contributed by atoms with Gasteiger partial charge in [0, 0.05) is 12.5 Å². The van der Waals surface area contributed by atoms with Crippen LogP contribution in [-0.4, -0.2) is 5.78 Å². The zero-order valence-corrected chi connectivity index (χ0v) is 7.77. The number of Topliss-reactive ketones (excluding diaryl/α,β-unsaturated/α-hetero) is 1. The molecular weight excluding hydrogens is 193 g/mol. The number of hydrogen-bond donors (Lipinski definition) is 0. The number of halogens is 3. The first kappa shape index (κ1) is 10.8. The number of carbonyl (C=O) groups is 1. The van der Waals surface area contributed by atoms with Gasteiger partial charge in [-0.1, -0.05) is 12.1 Å². The van der Waals surface area contributed by atoms with Crippen LogP contribution in [0.3, 0.4) is 0 Å². The van der Waals surface area contributed by atoms with Gasteiger partial charge >= 0.3 is 0 Å². The van der Waals surface area contributed by atoms with Gasteiger partial charge in [0.05, 0.1) is 5.56 Å². The van der Waals surface area contributed by atoms with E-state index in [1.807, 2.05) is 0 Å². The standard InChI is InChI=1S/C10H9F3O/c1-6(14)7-4-3-5-8(11)9(7)10(2,12)13/h3-5H,1-2H3. The molecule has 1 nitrogen and oxygen atoms in total. The van der Waals surface area contributed by atoms with Gasteiger partial charge in [-0.25, -0.2) is 13.2 Å². The highest BCUT2D eigenvalue weighted by Gasteiger charge is 2.32. The maximum Gasteiger partial charge on any atom is 0.274 e. The third kappa shape index (κ3) is 1.95. The number of hydrogen-bond acceptors (Lipinski definition) is 1. The Morgan fingerprint density at radius 1 is 1.36 bits per heavy atom. The predicted molar refractivity (Wildman–Crippen MR) is 46.0 cm³/mol. The minimum absolute atomic E-state index is 0.266. The van der Waals surface area contributed by atoms with Crippen molar-refractivity contribution in [1.82, 2.24) is 0 Å². The van der Waals surface area contributed by atoms with Crippen molar-refractivity contribution in [2.45, 2.75) is 19.8 Å². The second kappa shape index (κ2) is 3.44. The van der Waals surface area contributed by atoms with Gasteiger partial charge < -0.3 is 0 Å². The predicted octanol–water partition coefficient (Wildman–Crippen LogP) is 3.14. The fourth-order valence-corrected chi connectivity index (χ4v) is 1.26. The summed E-state index contributed by atoms with van der Waals surface area (Å²) in [6.45, 7) is 1.70. The quantitative estimate of drug-likeness (QED) is 0.673. The summed E-state index contributed by atoms with van der Waals surface area (Å²) in [6.07, 6.45) is 0. The van der Waals surface area contributed by atoms with Gasteiger partial charge in [-0.3, -0.25) is 4.79 Å². The van der Waals surface area contributed by atoms with Gasteiger partial charge in [0.2, 0.25) is 0 Å². The minimum Gasteiger partial charge on any atom is -0.294 e. The fraction of sp³-hybridized carbons (Fsp3) is 0.300. The van der Waals surface area contributed by atoms with Crippen molar-refractivity contribution in [3.63, 3.8) is 0 Å². The Bertz CT molecular complexity index is 366. The van der Waals surface area contributed by atoms with E-state index < -0.39 is 23.1 Å². The number of alkyl halides is 2. The molecule has 0 saturated heterocycles. The van der Waals surface area contributed by atoms with E-state index in [9.17, 15) is 18.0 Å². The van der Waals surface area contributed by atoms with E-state index in [0.717, 1.165) is 13.0 Å². The summed E-state index contributed by atoms with van der Waals surface area (Å²) < 4.78 is 39.0. The van der Waals surface area contributed by atoms with Crippen LogP contribution >= 0.6 is 0 Å². The zero-order valence-electron chi connectivity index (χ0n) is 7.77. The molecule has 0 amide bonds. The molecule has 1 aromatic carbocycles. The second-order valence-electron chi connectivity index (χ2n) is 3.11. The molecule has 1 rings (SSSR count). The molecule has 0 fully saturated rings. The Balaban J connectivity index is 3.45. The van der Waals surface area contributed by atoms with Gasteiger partial charge in [-0.2, -0.15) is 0 Å². The van der Waals surface area contributed by atoms with E-state index in [1.54, 1.807) is 0 Å². The third-order valence-corrected chi connectivity index (χ3v) is 1.83. The molecule has 0 aliphatic heterocycles. The monoisotopic (exact) mass is 202 g/mol. The SMILES string of the molecule is CC(=O)c1cccc(F)c1C(C)(F)F. The van der Waals surface area contributed by atoms with Crippen LogP contribution in [0.15, 0.2) is 18.2 Å². The molecule has 0 aliphatic rings. The maximum absolute atomic E-state index is 13.1. The van der Waals surface area contributed by atoms with Crippen molar-refractivity contribution >= 4 is 5.78 Å². The van der Waals surface area contributed by atoms with Crippen LogP contribution in [-0.2, 0) is 5.92 Å². The Morgan fingerprint density at radius 2 is 1.93 bits per heavy atom. The molecule has 0 saturated carbocycles. The molecular formula is C10H9F3O. The number of ketones is 1. The maximum atomic E-state index is 13.1. The van der Waals surface area contributed by atoms with Crippen molar-refractivity contribution in [3.8, 4) is 0 Å². The van der Waals surface area contributed by atoms with Gasteiger partial charge in [-0.05, 0) is 13.0 Å². The summed E-state index contributed by atoms with van der Waals surface area (Å²) in [7, 11) is 0. The van der Waals surface area contributed by atoms with Gasteiger partial charge in [0.25, 0.3) is 5.92 Å². The normalized spacial score (nSPS) is 11.5. The molecule has 4 heteroatoms. The molecule has 0 N–H and O–H groups in total. The minimum atomic E-state index is -3.34. The van der Waals surface area contributed by atoms with Crippen molar-refractivity contribution in [1.29, 1.82) is 0 Å². The van der Waals surface area contributed by atoms with Gasteiger partial charge in [0.15, 0.2) is 5.78 Å². The van der Waals surface area contributed by atoms with Crippen molar-refractivity contribution in [2.75, 3.05) is 0 Å². The van der Waals surface area contributed by atoms with Crippen LogP contribution in [0, 0.1) is 5.82 Å². The van der Waals surface area contributed by atoms with E-state index >= 15 is 0 Å². The van der Waals surface area contributed by atoms with Crippen LogP contribution in [0.5, 0.6) is 0 Å². The van der Waals surface area contributed by atoms with Gasteiger partial charge in [-0.15, -0.1) is 0 Å². The summed E-state index contributed by atoms with van der Waals surface area (Å²) >= 11 is 0. The summed E-state index contributed by atoms with van der Waals surface area (Å²) in [4.78, 5) is 11.0. The highest BCUT2D eigenvalue weighted by Crippen LogP contribution is 2.32. The van der Waals surface area contributed by atoms with Crippen LogP contribution < -0.4 is 0 Å². The highest BCUT2D eigenvalue weighted by atomic mass is 19.3. The summed E-state index contributed by atoms with van der Waals surface area (Å²) in [6, 6.07) is 3.35. The molecule has 0 aromatic heterocycles. The summed E-state index contributed by atoms with van der Waals surface area (Å²) in [5, 5.41) is 0. The average Bonchev–Trinajstić information content (AvgIpc) is 2.01. The molecule has 76 valence electrons. The van der Waals surface area contributed by atoms with E-state index in [0.29, 0.717) is 6.92 Å². The molecule has 0 atom stereocenters. The Morgan fingerprint density at radius 3 is 2.29 bits per heavy atom. The first-order chi connectivity index (χ1) is 6.34. The largest absolute Gasteiger partial charge is 0.294 e. The lowest BCUT2D eigenvalue weighted by atomic mass is 9.99. The molecule has 0 radical (unpaired) electrons. The van der Waals surface area contributed by atoms with Crippen molar-refractivity contribution < 1.29 is 18.0 Å². The highest BCUT2D eigenvalue weighted by molar-refractivity contribution is 5.95. The Labute approximate surface area is 79.5 Å². The lowest BCUT2D eigenvalue weighted by molar-refractivity contribution is 0.0128. The molecule has 1 aromatic rings. The average molecular weight is 202 g/mol. The summed E-state index contributed by atoms with van der Waals surface area (Å²) in [5.41, 5.74) is -1.09. The van der Waals surface area contributed by atoms with Crippen LogP contribution in [0.1, 0.15) is 29.8 Å². The lowest BCUT2D eigenvalue weighted by Crippen LogP contribution is -2.15. The molecule has 0 bridgehead atoms.